The van der Waals surface area contributed by atoms with Crippen LogP contribution in [0.25, 0.3) is 0 Å². The van der Waals surface area contributed by atoms with Gasteiger partial charge in [0.2, 0.25) is 10.0 Å². The molecule has 1 N–H and O–H groups in total. The number of anilines is 1. The Bertz CT molecular complexity index is 1240. The molecule has 0 fully saturated rings. The summed E-state index contributed by atoms with van der Waals surface area (Å²) >= 11 is 13.6. The molecule has 0 aliphatic rings. The zero-order chi connectivity index (χ0) is 24.7. The van der Waals surface area contributed by atoms with Crippen molar-refractivity contribution in [2.75, 3.05) is 22.9 Å². The maximum Gasteiger partial charge on any atom is 0.251 e. The molecule has 0 bridgehead atoms. The Morgan fingerprint density at radius 1 is 0.971 bits per heavy atom. The van der Waals surface area contributed by atoms with Crippen LogP contribution in [0.15, 0.2) is 66.7 Å². The molecule has 0 atom stereocenters. The van der Waals surface area contributed by atoms with Crippen LogP contribution in [0.4, 0.5) is 10.1 Å². The van der Waals surface area contributed by atoms with Gasteiger partial charge < -0.3 is 5.32 Å². The molecular formula is C24H23Cl2FN2O3S2. The van der Waals surface area contributed by atoms with Crippen molar-refractivity contribution in [3.8, 4) is 0 Å². The number of amides is 1. The molecule has 3 aromatic rings. The predicted molar refractivity (Wildman–Crippen MR) is 139 cm³/mol. The van der Waals surface area contributed by atoms with E-state index in [4.69, 9.17) is 23.2 Å². The van der Waals surface area contributed by atoms with Gasteiger partial charge >= 0.3 is 0 Å². The molecule has 0 saturated carbocycles. The predicted octanol–water partition coefficient (Wildman–Crippen LogP) is 5.76. The van der Waals surface area contributed by atoms with Gasteiger partial charge in [-0.2, -0.15) is 11.8 Å². The summed E-state index contributed by atoms with van der Waals surface area (Å²) in [6.45, 7) is 0.535. The molecule has 0 unspecified atom stereocenters. The first-order valence-corrected chi connectivity index (χ1v) is 14.0. The number of nitrogens with zero attached hydrogens (tertiary/aromatic N) is 1. The second-order valence-corrected chi connectivity index (χ2v) is 11.3. The summed E-state index contributed by atoms with van der Waals surface area (Å²) in [5.74, 6) is 0.824. The molecule has 0 spiro atoms. The van der Waals surface area contributed by atoms with Gasteiger partial charge in [-0.15, -0.1) is 0 Å². The zero-order valence-electron chi connectivity index (χ0n) is 18.3. The highest BCUT2D eigenvalue weighted by molar-refractivity contribution is 7.98. The third kappa shape index (κ3) is 7.63. The molecule has 0 radical (unpaired) electrons. The number of nitrogens with one attached hydrogen (secondary N) is 1. The Morgan fingerprint density at radius 2 is 1.62 bits per heavy atom. The summed E-state index contributed by atoms with van der Waals surface area (Å²) in [6.07, 6.45) is 1.10. The lowest BCUT2D eigenvalue weighted by molar-refractivity contribution is 0.0956. The van der Waals surface area contributed by atoms with Gasteiger partial charge in [0.05, 0.1) is 28.5 Å². The molecule has 0 aliphatic carbocycles. The van der Waals surface area contributed by atoms with Crippen molar-refractivity contribution in [1.82, 2.24) is 5.32 Å². The summed E-state index contributed by atoms with van der Waals surface area (Å²) in [5.41, 5.74) is 2.54. The molecule has 34 heavy (non-hydrogen) atoms. The number of sulfonamides is 1. The van der Waals surface area contributed by atoms with E-state index in [2.05, 4.69) is 5.32 Å². The molecule has 0 aliphatic heterocycles. The zero-order valence-corrected chi connectivity index (χ0v) is 21.4. The molecule has 3 rings (SSSR count). The van der Waals surface area contributed by atoms with Gasteiger partial charge in [0, 0.05) is 23.6 Å². The van der Waals surface area contributed by atoms with E-state index in [1.54, 1.807) is 42.1 Å². The third-order valence-electron chi connectivity index (χ3n) is 4.84. The molecule has 0 aromatic heterocycles. The van der Waals surface area contributed by atoms with Crippen LogP contribution in [0.3, 0.4) is 0 Å². The average Bonchev–Trinajstić information content (AvgIpc) is 2.80. The number of hydrogen-bond acceptors (Lipinski definition) is 4. The number of thioether (sulfide) groups is 1. The minimum atomic E-state index is -3.59. The fourth-order valence-corrected chi connectivity index (χ4v) is 5.11. The van der Waals surface area contributed by atoms with Crippen LogP contribution in [0.2, 0.25) is 10.0 Å². The first-order valence-electron chi connectivity index (χ1n) is 10.3. The first kappa shape index (κ1) is 26.3. The van der Waals surface area contributed by atoms with Crippen molar-refractivity contribution >= 4 is 56.6 Å². The van der Waals surface area contributed by atoms with Crippen LogP contribution in [-0.2, 0) is 22.3 Å². The SMILES string of the molecule is CS(=O)(=O)N(Cc1ccc(F)cc1)c1ccc(C(=O)NCCSCc2ccc(Cl)c(Cl)c2)cc1. The van der Waals surface area contributed by atoms with Crippen LogP contribution < -0.4 is 9.62 Å². The lowest BCUT2D eigenvalue weighted by atomic mass is 10.1. The van der Waals surface area contributed by atoms with Gasteiger partial charge in [-0.1, -0.05) is 41.4 Å². The lowest BCUT2D eigenvalue weighted by Gasteiger charge is -2.22. The van der Waals surface area contributed by atoms with Crippen molar-refractivity contribution in [2.45, 2.75) is 12.3 Å². The van der Waals surface area contributed by atoms with E-state index in [0.717, 1.165) is 17.6 Å². The number of benzene rings is 3. The van der Waals surface area contributed by atoms with E-state index in [1.165, 1.54) is 28.6 Å². The van der Waals surface area contributed by atoms with Gasteiger partial charge in [-0.25, -0.2) is 12.8 Å². The molecular weight excluding hydrogens is 518 g/mol. The molecule has 0 heterocycles. The number of carbonyl (C=O) groups is 1. The third-order valence-corrected chi connectivity index (χ3v) is 7.75. The van der Waals surface area contributed by atoms with Crippen LogP contribution in [-0.4, -0.2) is 32.9 Å². The van der Waals surface area contributed by atoms with Crippen molar-refractivity contribution in [3.63, 3.8) is 0 Å². The molecule has 5 nitrogen and oxygen atoms in total. The van der Waals surface area contributed by atoms with E-state index in [-0.39, 0.29) is 12.5 Å². The van der Waals surface area contributed by atoms with E-state index in [1.807, 2.05) is 12.1 Å². The molecule has 1 amide bonds. The average molecular weight is 541 g/mol. The molecule has 0 saturated heterocycles. The van der Waals surface area contributed by atoms with Gasteiger partial charge in [0.1, 0.15) is 5.82 Å². The maximum absolute atomic E-state index is 13.2. The summed E-state index contributed by atoms with van der Waals surface area (Å²) < 4.78 is 39.0. The fraction of sp³-hybridized carbons (Fsp3) is 0.208. The molecule has 180 valence electrons. The van der Waals surface area contributed by atoms with E-state index < -0.39 is 15.8 Å². The number of carbonyl (C=O) groups excluding carboxylic acids is 1. The van der Waals surface area contributed by atoms with Gasteiger partial charge in [0.15, 0.2) is 0 Å². The van der Waals surface area contributed by atoms with Gasteiger partial charge in [0.25, 0.3) is 5.91 Å². The van der Waals surface area contributed by atoms with E-state index in [9.17, 15) is 17.6 Å². The van der Waals surface area contributed by atoms with Crippen LogP contribution >= 0.6 is 35.0 Å². The van der Waals surface area contributed by atoms with Crippen LogP contribution in [0.1, 0.15) is 21.5 Å². The maximum atomic E-state index is 13.2. The topological polar surface area (TPSA) is 66.5 Å². The normalized spacial score (nSPS) is 11.3. The summed E-state index contributed by atoms with van der Waals surface area (Å²) in [4.78, 5) is 12.4. The Morgan fingerprint density at radius 3 is 2.24 bits per heavy atom. The Kier molecular flexibility index (Phi) is 9.24. The monoisotopic (exact) mass is 540 g/mol. The molecule has 3 aromatic carbocycles. The Balaban J connectivity index is 1.53. The highest BCUT2D eigenvalue weighted by atomic mass is 35.5. The minimum Gasteiger partial charge on any atom is -0.351 e. The quantitative estimate of drug-likeness (QED) is 0.332. The van der Waals surface area contributed by atoms with Gasteiger partial charge in [-0.3, -0.25) is 9.10 Å². The summed E-state index contributed by atoms with van der Waals surface area (Å²) in [7, 11) is -3.59. The van der Waals surface area contributed by atoms with Crippen molar-refractivity contribution < 1.29 is 17.6 Å². The highest BCUT2D eigenvalue weighted by Crippen LogP contribution is 2.25. The van der Waals surface area contributed by atoms with Crippen molar-refractivity contribution in [3.05, 3.63) is 99.3 Å². The number of hydrogen-bond donors (Lipinski definition) is 1. The second kappa shape index (κ2) is 11.9. The Labute approximate surface area is 213 Å². The first-order chi connectivity index (χ1) is 16.1. The lowest BCUT2D eigenvalue weighted by Crippen LogP contribution is -2.29. The number of halogens is 3. The van der Waals surface area contributed by atoms with Gasteiger partial charge in [-0.05, 0) is 59.7 Å². The fourth-order valence-electron chi connectivity index (χ4n) is 3.09. The van der Waals surface area contributed by atoms with Crippen molar-refractivity contribution in [1.29, 1.82) is 0 Å². The van der Waals surface area contributed by atoms with Crippen LogP contribution in [0.5, 0.6) is 0 Å². The highest BCUT2D eigenvalue weighted by Gasteiger charge is 2.18. The number of rotatable bonds is 10. The standard InChI is InChI=1S/C24H23Cl2FN2O3S2/c1-34(31,32)29(15-17-2-7-20(27)8-3-17)21-9-5-19(6-10-21)24(30)28-12-13-33-16-18-4-11-22(25)23(26)14-18/h2-11,14H,12-13,15-16H2,1H3,(H,28,30). The summed E-state index contributed by atoms with van der Waals surface area (Å²) in [5, 5.41) is 3.89. The summed E-state index contributed by atoms with van der Waals surface area (Å²) in [6, 6.07) is 17.5. The van der Waals surface area contributed by atoms with E-state index >= 15 is 0 Å². The smallest absolute Gasteiger partial charge is 0.251 e. The molecule has 10 heteroatoms. The minimum absolute atomic E-state index is 0.0563. The van der Waals surface area contributed by atoms with Crippen molar-refractivity contribution in [2.24, 2.45) is 0 Å². The van der Waals surface area contributed by atoms with E-state index in [0.29, 0.717) is 39.2 Å². The van der Waals surface area contributed by atoms with Crippen LogP contribution in [0, 0.1) is 5.82 Å². The largest absolute Gasteiger partial charge is 0.351 e. The Hall–Kier alpha value is -2.26. The second-order valence-electron chi connectivity index (χ2n) is 7.50.